The summed E-state index contributed by atoms with van der Waals surface area (Å²) in [5, 5.41) is 3.44. The third-order valence-corrected chi connectivity index (χ3v) is 4.12. The number of hydrogen-bond acceptors (Lipinski definition) is 2. The smallest absolute Gasteiger partial charge is 0.116 e. The number of para-hydroxylation sites is 1. The van der Waals surface area contributed by atoms with Gasteiger partial charge in [-0.15, -0.1) is 0 Å². The van der Waals surface area contributed by atoms with E-state index in [1.165, 1.54) is 11.3 Å². The van der Waals surface area contributed by atoms with Crippen molar-refractivity contribution in [1.29, 1.82) is 0 Å². The van der Waals surface area contributed by atoms with Crippen molar-refractivity contribution in [3.63, 3.8) is 0 Å². The van der Waals surface area contributed by atoms with E-state index in [-0.39, 0.29) is 0 Å². The summed E-state index contributed by atoms with van der Waals surface area (Å²) in [6.07, 6.45) is 0. The summed E-state index contributed by atoms with van der Waals surface area (Å²) in [7, 11) is 0. The Bertz CT molecular complexity index is 763. The van der Waals surface area contributed by atoms with Crippen molar-refractivity contribution in [2.24, 2.45) is 0 Å². The van der Waals surface area contributed by atoms with E-state index in [4.69, 9.17) is 4.98 Å². The second-order valence-corrected chi connectivity index (χ2v) is 5.72. The van der Waals surface area contributed by atoms with E-state index < -0.39 is 0 Å². The van der Waals surface area contributed by atoms with E-state index in [1.807, 2.05) is 12.1 Å². The van der Waals surface area contributed by atoms with Gasteiger partial charge in [0.2, 0.25) is 0 Å². The van der Waals surface area contributed by atoms with Gasteiger partial charge in [0.1, 0.15) is 5.82 Å². The highest BCUT2D eigenvalue weighted by Crippen LogP contribution is 2.35. The molecular weight excluding hydrogens is 302 g/mol. The number of rotatable bonds is 1. The Morgan fingerprint density at radius 2 is 2.05 bits per heavy atom. The molecule has 1 aliphatic rings. The number of aromatic nitrogens is 2. The number of benzene rings is 2. The molecule has 0 amide bonds. The summed E-state index contributed by atoms with van der Waals surface area (Å²) < 4.78 is 1.07. The number of imidazole rings is 1. The Morgan fingerprint density at radius 3 is 3.00 bits per heavy atom. The van der Waals surface area contributed by atoms with E-state index >= 15 is 0 Å². The van der Waals surface area contributed by atoms with Crippen LogP contribution < -0.4 is 5.32 Å². The van der Waals surface area contributed by atoms with Gasteiger partial charge in [-0.1, -0.05) is 34.1 Å². The largest absolute Gasteiger partial charge is 0.384 e. The zero-order valence-electron chi connectivity index (χ0n) is 10.2. The van der Waals surface area contributed by atoms with Crippen LogP contribution in [-0.4, -0.2) is 16.5 Å². The predicted molar refractivity (Wildman–Crippen MR) is 80.6 cm³/mol. The van der Waals surface area contributed by atoms with Crippen LogP contribution in [0.5, 0.6) is 0 Å². The van der Waals surface area contributed by atoms with Crippen molar-refractivity contribution in [3.8, 4) is 0 Å². The first-order valence-electron chi connectivity index (χ1n) is 6.29. The summed E-state index contributed by atoms with van der Waals surface area (Å²) in [5.74, 6) is 1.34. The van der Waals surface area contributed by atoms with Gasteiger partial charge in [0.25, 0.3) is 0 Å². The van der Waals surface area contributed by atoms with Gasteiger partial charge < -0.3 is 10.3 Å². The fraction of sp³-hybridized carbons (Fsp3) is 0.133. The summed E-state index contributed by atoms with van der Waals surface area (Å²) in [4.78, 5) is 8.16. The fourth-order valence-corrected chi connectivity index (χ4v) is 3.06. The zero-order chi connectivity index (χ0) is 12.8. The van der Waals surface area contributed by atoms with E-state index in [2.05, 4.69) is 56.6 Å². The number of H-pyrrole nitrogens is 1. The summed E-state index contributed by atoms with van der Waals surface area (Å²) in [6.45, 7) is 0.903. The van der Waals surface area contributed by atoms with Crippen LogP contribution in [0, 0.1) is 0 Å². The fourth-order valence-electron chi connectivity index (χ4n) is 2.69. The minimum Gasteiger partial charge on any atom is -0.384 e. The quantitative estimate of drug-likeness (QED) is 0.715. The third kappa shape index (κ3) is 1.75. The van der Waals surface area contributed by atoms with E-state index in [1.54, 1.807) is 0 Å². The number of hydrogen-bond donors (Lipinski definition) is 2. The molecule has 3 nitrogen and oxygen atoms in total. The lowest BCUT2D eigenvalue weighted by molar-refractivity contribution is 0.836. The predicted octanol–water partition coefficient (Wildman–Crippen LogP) is 3.88. The topological polar surface area (TPSA) is 40.7 Å². The normalized spacial score (nSPS) is 17.4. The molecule has 0 fully saturated rings. The molecule has 94 valence electrons. The lowest BCUT2D eigenvalue weighted by Gasteiger charge is -2.05. The molecule has 2 N–H and O–H groups in total. The highest BCUT2D eigenvalue weighted by Gasteiger charge is 2.25. The average molecular weight is 314 g/mol. The molecule has 1 aromatic heterocycles. The minimum absolute atomic E-state index is 0.308. The summed E-state index contributed by atoms with van der Waals surface area (Å²) >= 11 is 3.49. The zero-order valence-corrected chi connectivity index (χ0v) is 11.7. The molecule has 4 rings (SSSR count). The SMILES string of the molecule is Brc1ccc2nc(C3CNc4ccccc43)[nH]c2c1. The monoisotopic (exact) mass is 313 g/mol. The molecule has 3 aromatic rings. The minimum atomic E-state index is 0.308. The second-order valence-electron chi connectivity index (χ2n) is 4.80. The first kappa shape index (κ1) is 11.1. The molecule has 0 aliphatic carbocycles. The van der Waals surface area contributed by atoms with Crippen LogP contribution in [-0.2, 0) is 0 Å². The number of fused-ring (bicyclic) bond motifs is 2. The molecule has 2 aromatic carbocycles. The van der Waals surface area contributed by atoms with Crippen LogP contribution >= 0.6 is 15.9 Å². The molecule has 2 heterocycles. The van der Waals surface area contributed by atoms with Crippen molar-refractivity contribution < 1.29 is 0 Å². The molecule has 4 heteroatoms. The van der Waals surface area contributed by atoms with Crippen molar-refractivity contribution in [3.05, 3.63) is 58.3 Å². The van der Waals surface area contributed by atoms with E-state index in [0.717, 1.165) is 27.9 Å². The molecule has 0 radical (unpaired) electrons. The first-order valence-corrected chi connectivity index (χ1v) is 7.08. The van der Waals surface area contributed by atoms with Gasteiger partial charge in [-0.2, -0.15) is 0 Å². The lowest BCUT2D eigenvalue weighted by atomic mass is 10.0. The highest BCUT2D eigenvalue weighted by atomic mass is 79.9. The van der Waals surface area contributed by atoms with Crippen molar-refractivity contribution >= 4 is 32.7 Å². The molecule has 0 saturated carbocycles. The van der Waals surface area contributed by atoms with Gasteiger partial charge in [-0.3, -0.25) is 0 Å². The van der Waals surface area contributed by atoms with Gasteiger partial charge in [0.15, 0.2) is 0 Å². The molecule has 0 saturated heterocycles. The molecule has 19 heavy (non-hydrogen) atoms. The van der Waals surface area contributed by atoms with Crippen molar-refractivity contribution in [1.82, 2.24) is 9.97 Å². The van der Waals surface area contributed by atoms with Gasteiger partial charge in [-0.25, -0.2) is 4.98 Å². The van der Waals surface area contributed by atoms with Gasteiger partial charge in [0.05, 0.1) is 17.0 Å². The first-order chi connectivity index (χ1) is 9.31. The maximum Gasteiger partial charge on any atom is 0.116 e. The maximum absolute atomic E-state index is 4.72. The van der Waals surface area contributed by atoms with Crippen LogP contribution in [0.25, 0.3) is 11.0 Å². The van der Waals surface area contributed by atoms with Crippen LogP contribution in [0.1, 0.15) is 17.3 Å². The van der Waals surface area contributed by atoms with Crippen LogP contribution in [0.4, 0.5) is 5.69 Å². The lowest BCUT2D eigenvalue weighted by Crippen LogP contribution is -2.05. The van der Waals surface area contributed by atoms with E-state index in [9.17, 15) is 0 Å². The van der Waals surface area contributed by atoms with E-state index in [0.29, 0.717) is 5.92 Å². The van der Waals surface area contributed by atoms with Crippen LogP contribution in [0.15, 0.2) is 46.9 Å². The maximum atomic E-state index is 4.72. The van der Waals surface area contributed by atoms with Gasteiger partial charge in [-0.05, 0) is 29.8 Å². The molecule has 0 spiro atoms. The molecular formula is C15H12BrN3. The Balaban J connectivity index is 1.83. The molecule has 0 bridgehead atoms. The highest BCUT2D eigenvalue weighted by molar-refractivity contribution is 9.10. The average Bonchev–Trinajstić information content (AvgIpc) is 3.00. The summed E-state index contributed by atoms with van der Waals surface area (Å²) in [5.41, 5.74) is 4.63. The Labute approximate surface area is 119 Å². The third-order valence-electron chi connectivity index (χ3n) is 3.63. The Kier molecular flexibility index (Phi) is 2.38. The standard InChI is InChI=1S/C15H12BrN3/c16-9-5-6-13-14(7-9)19-15(18-13)11-8-17-12-4-2-1-3-10(11)12/h1-7,11,17H,8H2,(H,18,19). The summed E-state index contributed by atoms with van der Waals surface area (Å²) in [6, 6.07) is 14.6. The molecule has 1 aliphatic heterocycles. The van der Waals surface area contributed by atoms with Crippen LogP contribution in [0.3, 0.4) is 0 Å². The van der Waals surface area contributed by atoms with Crippen molar-refractivity contribution in [2.45, 2.75) is 5.92 Å². The van der Waals surface area contributed by atoms with Crippen LogP contribution in [0.2, 0.25) is 0 Å². The molecule has 1 unspecified atom stereocenters. The number of aromatic amines is 1. The Morgan fingerprint density at radius 1 is 1.16 bits per heavy atom. The van der Waals surface area contributed by atoms with Gasteiger partial charge in [0, 0.05) is 16.7 Å². The second kappa shape index (κ2) is 4.10. The number of nitrogens with zero attached hydrogens (tertiary/aromatic N) is 1. The number of nitrogens with one attached hydrogen (secondary N) is 2. The van der Waals surface area contributed by atoms with Gasteiger partial charge >= 0.3 is 0 Å². The number of halogens is 1. The molecule has 1 atom stereocenters. The number of anilines is 1. The Hall–Kier alpha value is -1.81. The van der Waals surface area contributed by atoms with Crippen molar-refractivity contribution in [2.75, 3.05) is 11.9 Å².